The molecule has 0 aromatic heterocycles. The van der Waals surface area contributed by atoms with Crippen molar-refractivity contribution < 1.29 is 0 Å². The molecule has 1 unspecified atom stereocenters. The van der Waals surface area contributed by atoms with Crippen LogP contribution in [0.3, 0.4) is 0 Å². The van der Waals surface area contributed by atoms with Crippen LogP contribution in [0.15, 0.2) is 4.99 Å². The van der Waals surface area contributed by atoms with Crippen LogP contribution < -0.4 is 10.6 Å². The number of guanidine groups is 1. The fraction of sp³-hybridized carbons (Fsp3) is 0.941. The number of hydrogen-bond acceptors (Lipinski definition) is 2. The quantitative estimate of drug-likeness (QED) is 0.330. The molecule has 4 nitrogen and oxygen atoms in total. The number of rotatable bonds is 12. The highest BCUT2D eigenvalue weighted by molar-refractivity contribution is 5.79. The van der Waals surface area contributed by atoms with Crippen LogP contribution in [0.4, 0.5) is 0 Å². The second kappa shape index (κ2) is 14.2. The molecule has 126 valence electrons. The van der Waals surface area contributed by atoms with Crippen LogP contribution >= 0.6 is 0 Å². The fourth-order valence-electron chi connectivity index (χ4n) is 2.34. The first-order valence-electron chi connectivity index (χ1n) is 8.94. The summed E-state index contributed by atoms with van der Waals surface area (Å²) in [5.41, 5.74) is 0. The monoisotopic (exact) mass is 298 g/mol. The summed E-state index contributed by atoms with van der Waals surface area (Å²) < 4.78 is 0. The van der Waals surface area contributed by atoms with Gasteiger partial charge in [-0.05, 0) is 52.7 Å². The summed E-state index contributed by atoms with van der Waals surface area (Å²) in [6.45, 7) is 16.4. The second-order valence-electron chi connectivity index (χ2n) is 5.68. The topological polar surface area (TPSA) is 39.7 Å². The Hall–Kier alpha value is -0.770. The van der Waals surface area contributed by atoms with Crippen molar-refractivity contribution in [2.24, 2.45) is 4.99 Å². The largest absolute Gasteiger partial charge is 0.357 e. The zero-order valence-electron chi connectivity index (χ0n) is 15.0. The van der Waals surface area contributed by atoms with Crippen molar-refractivity contribution in [3.63, 3.8) is 0 Å². The van der Waals surface area contributed by atoms with E-state index in [2.05, 4.69) is 55.1 Å². The van der Waals surface area contributed by atoms with Gasteiger partial charge in [-0.2, -0.15) is 0 Å². The maximum Gasteiger partial charge on any atom is 0.191 e. The van der Waals surface area contributed by atoms with Crippen molar-refractivity contribution >= 4 is 5.96 Å². The predicted octanol–water partition coefficient (Wildman–Crippen LogP) is 3.24. The fourth-order valence-corrected chi connectivity index (χ4v) is 2.34. The number of nitrogens with zero attached hydrogens (tertiary/aromatic N) is 2. The first-order chi connectivity index (χ1) is 10.2. The van der Waals surface area contributed by atoms with E-state index >= 15 is 0 Å². The van der Waals surface area contributed by atoms with Gasteiger partial charge in [-0.25, -0.2) is 0 Å². The molecule has 0 saturated carbocycles. The molecule has 0 heterocycles. The lowest BCUT2D eigenvalue weighted by Gasteiger charge is -2.21. The van der Waals surface area contributed by atoms with Crippen molar-refractivity contribution in [3.8, 4) is 0 Å². The van der Waals surface area contributed by atoms with Gasteiger partial charge in [0.05, 0.1) is 0 Å². The van der Waals surface area contributed by atoms with Gasteiger partial charge >= 0.3 is 0 Å². The second-order valence-corrected chi connectivity index (χ2v) is 5.68. The molecule has 21 heavy (non-hydrogen) atoms. The van der Waals surface area contributed by atoms with Crippen LogP contribution in [0.2, 0.25) is 0 Å². The van der Waals surface area contributed by atoms with Crippen molar-refractivity contribution in [1.29, 1.82) is 0 Å². The average Bonchev–Trinajstić information content (AvgIpc) is 2.48. The number of hydrogen-bond donors (Lipinski definition) is 2. The van der Waals surface area contributed by atoms with Crippen molar-refractivity contribution in [3.05, 3.63) is 0 Å². The lowest BCUT2D eigenvalue weighted by molar-refractivity contribution is 0.292. The van der Waals surface area contributed by atoms with Crippen LogP contribution in [-0.2, 0) is 0 Å². The smallest absolute Gasteiger partial charge is 0.191 e. The van der Waals surface area contributed by atoms with E-state index in [0.717, 1.165) is 32.1 Å². The molecule has 4 heteroatoms. The molecule has 0 amide bonds. The molecule has 2 N–H and O–H groups in total. The Bertz CT molecular complexity index is 249. The lowest BCUT2D eigenvalue weighted by Crippen LogP contribution is -2.42. The van der Waals surface area contributed by atoms with E-state index in [-0.39, 0.29) is 0 Å². The molecule has 1 atom stereocenters. The zero-order valence-corrected chi connectivity index (χ0v) is 15.0. The summed E-state index contributed by atoms with van der Waals surface area (Å²) in [6.07, 6.45) is 6.13. The van der Waals surface area contributed by atoms with Gasteiger partial charge in [-0.1, -0.05) is 33.6 Å². The SMILES string of the molecule is CCCCCN=C(NCC)NC(C)CCCN(CC)CC. The first kappa shape index (κ1) is 20.2. The van der Waals surface area contributed by atoms with Crippen LogP contribution in [0.25, 0.3) is 0 Å². The summed E-state index contributed by atoms with van der Waals surface area (Å²) in [7, 11) is 0. The zero-order chi connectivity index (χ0) is 15.9. The third-order valence-corrected chi connectivity index (χ3v) is 3.76. The maximum atomic E-state index is 4.65. The molecule has 0 spiro atoms. The Morgan fingerprint density at radius 2 is 1.76 bits per heavy atom. The summed E-state index contributed by atoms with van der Waals surface area (Å²) >= 11 is 0. The number of aliphatic imine (C=N–C) groups is 1. The predicted molar refractivity (Wildman–Crippen MR) is 95.1 cm³/mol. The van der Waals surface area contributed by atoms with E-state index in [9.17, 15) is 0 Å². The van der Waals surface area contributed by atoms with Crippen LogP contribution in [-0.4, -0.2) is 49.6 Å². The first-order valence-corrected chi connectivity index (χ1v) is 8.94. The Kier molecular flexibility index (Phi) is 13.7. The minimum atomic E-state index is 0.476. The van der Waals surface area contributed by atoms with E-state index in [0.29, 0.717) is 6.04 Å². The molecule has 0 aliphatic heterocycles. The van der Waals surface area contributed by atoms with Gasteiger partial charge in [0.25, 0.3) is 0 Å². The number of unbranched alkanes of at least 4 members (excludes halogenated alkanes) is 2. The molecular formula is C17H38N4. The normalized spacial score (nSPS) is 13.5. The van der Waals surface area contributed by atoms with Crippen LogP contribution in [0.1, 0.15) is 66.7 Å². The molecule has 0 aromatic rings. The molecular weight excluding hydrogens is 260 g/mol. The molecule has 0 aromatic carbocycles. The lowest BCUT2D eigenvalue weighted by atomic mass is 10.2. The van der Waals surface area contributed by atoms with E-state index in [1.807, 2.05) is 0 Å². The highest BCUT2D eigenvalue weighted by Gasteiger charge is 2.06. The summed E-state index contributed by atoms with van der Waals surface area (Å²) in [5.74, 6) is 0.976. The molecule has 0 fully saturated rings. The third-order valence-electron chi connectivity index (χ3n) is 3.76. The van der Waals surface area contributed by atoms with Gasteiger partial charge in [-0.3, -0.25) is 4.99 Å². The van der Waals surface area contributed by atoms with Crippen molar-refractivity contribution in [2.75, 3.05) is 32.7 Å². The molecule has 0 rings (SSSR count). The third kappa shape index (κ3) is 11.6. The summed E-state index contributed by atoms with van der Waals surface area (Å²) in [6, 6.07) is 0.476. The van der Waals surface area contributed by atoms with Crippen molar-refractivity contribution in [1.82, 2.24) is 15.5 Å². The van der Waals surface area contributed by atoms with Gasteiger partial charge in [0.1, 0.15) is 0 Å². The van der Waals surface area contributed by atoms with Gasteiger partial charge in [0.15, 0.2) is 5.96 Å². The van der Waals surface area contributed by atoms with E-state index in [4.69, 9.17) is 0 Å². The maximum absolute atomic E-state index is 4.65. The molecule has 0 aliphatic carbocycles. The van der Waals surface area contributed by atoms with Crippen molar-refractivity contribution in [2.45, 2.75) is 72.8 Å². The highest BCUT2D eigenvalue weighted by Crippen LogP contribution is 2.00. The Morgan fingerprint density at radius 3 is 2.33 bits per heavy atom. The van der Waals surface area contributed by atoms with Gasteiger partial charge in [-0.15, -0.1) is 0 Å². The minimum Gasteiger partial charge on any atom is -0.357 e. The van der Waals surface area contributed by atoms with E-state index < -0.39 is 0 Å². The van der Waals surface area contributed by atoms with Gasteiger partial charge < -0.3 is 15.5 Å². The van der Waals surface area contributed by atoms with E-state index in [1.54, 1.807) is 0 Å². The van der Waals surface area contributed by atoms with E-state index in [1.165, 1.54) is 38.6 Å². The Labute approximate surface area is 132 Å². The standard InChI is InChI=1S/C17H38N4/c1-6-10-11-14-19-17(18-7-2)20-16(5)13-12-15-21(8-3)9-4/h16H,6-15H2,1-5H3,(H2,18,19,20). The average molecular weight is 299 g/mol. The van der Waals surface area contributed by atoms with Gasteiger partial charge in [0, 0.05) is 19.1 Å². The Morgan fingerprint density at radius 1 is 1.05 bits per heavy atom. The Balaban J connectivity index is 4.01. The van der Waals surface area contributed by atoms with Gasteiger partial charge in [0.2, 0.25) is 0 Å². The molecule has 0 aliphatic rings. The molecule has 0 bridgehead atoms. The highest BCUT2D eigenvalue weighted by atomic mass is 15.2. The summed E-state index contributed by atoms with van der Waals surface area (Å²) in [5, 5.41) is 6.87. The van der Waals surface area contributed by atoms with Crippen LogP contribution in [0.5, 0.6) is 0 Å². The van der Waals surface area contributed by atoms with Crippen LogP contribution in [0, 0.1) is 0 Å². The molecule has 0 radical (unpaired) electrons. The summed E-state index contributed by atoms with van der Waals surface area (Å²) in [4.78, 5) is 7.13. The minimum absolute atomic E-state index is 0.476. The number of nitrogens with one attached hydrogen (secondary N) is 2. The molecule has 0 saturated heterocycles.